The Balaban J connectivity index is 2.17. The summed E-state index contributed by atoms with van der Waals surface area (Å²) >= 11 is 0. The van der Waals surface area contributed by atoms with E-state index < -0.39 is 0 Å². The first-order valence-corrected chi connectivity index (χ1v) is 6.64. The van der Waals surface area contributed by atoms with Crippen molar-refractivity contribution in [3.8, 4) is 5.95 Å². The Kier molecular flexibility index (Phi) is 3.87. The maximum Gasteiger partial charge on any atom is 0.257 e. The SMILES string of the molecule is CC(C)C(C)(C)CNc1nc(N)nc(-n2cccn2)n1. The Bertz CT molecular complexity index is 560. The summed E-state index contributed by atoms with van der Waals surface area (Å²) in [6.07, 6.45) is 3.42. The number of anilines is 2. The van der Waals surface area contributed by atoms with Crippen LogP contribution in [0.1, 0.15) is 27.7 Å². The molecule has 0 bridgehead atoms. The molecule has 20 heavy (non-hydrogen) atoms. The molecule has 2 aromatic rings. The van der Waals surface area contributed by atoms with Crippen LogP contribution in [-0.2, 0) is 0 Å². The molecule has 0 aliphatic carbocycles. The van der Waals surface area contributed by atoms with Crippen LogP contribution in [0.4, 0.5) is 11.9 Å². The fourth-order valence-corrected chi connectivity index (χ4v) is 1.46. The predicted octanol–water partition coefficient (Wildman–Crippen LogP) is 1.73. The van der Waals surface area contributed by atoms with Crippen LogP contribution in [0.3, 0.4) is 0 Å². The third-order valence-electron chi connectivity index (χ3n) is 3.62. The van der Waals surface area contributed by atoms with Crippen molar-refractivity contribution >= 4 is 11.9 Å². The van der Waals surface area contributed by atoms with Crippen molar-refractivity contribution in [2.75, 3.05) is 17.6 Å². The number of aromatic nitrogens is 5. The first-order chi connectivity index (χ1) is 9.38. The standard InChI is InChI=1S/C13H21N7/c1-9(2)13(3,4)8-15-11-17-10(14)18-12(19-11)20-7-5-6-16-20/h5-7,9H,8H2,1-4H3,(H3,14,15,17,18,19). The van der Waals surface area contributed by atoms with Gasteiger partial charge in [-0.3, -0.25) is 0 Å². The highest BCUT2D eigenvalue weighted by atomic mass is 15.4. The summed E-state index contributed by atoms with van der Waals surface area (Å²) in [5, 5.41) is 7.31. The van der Waals surface area contributed by atoms with Gasteiger partial charge in [0, 0.05) is 18.9 Å². The molecule has 0 saturated heterocycles. The third-order valence-corrected chi connectivity index (χ3v) is 3.62. The van der Waals surface area contributed by atoms with Gasteiger partial charge in [-0.25, -0.2) is 4.68 Å². The van der Waals surface area contributed by atoms with Gasteiger partial charge in [-0.2, -0.15) is 20.1 Å². The van der Waals surface area contributed by atoms with Crippen LogP contribution in [0.5, 0.6) is 0 Å². The van der Waals surface area contributed by atoms with Crippen LogP contribution in [0.2, 0.25) is 0 Å². The Morgan fingerprint density at radius 1 is 1.30 bits per heavy atom. The number of hydrogen-bond acceptors (Lipinski definition) is 6. The molecule has 0 spiro atoms. The minimum absolute atomic E-state index is 0.132. The van der Waals surface area contributed by atoms with Crippen molar-refractivity contribution in [1.29, 1.82) is 0 Å². The number of nitrogens with one attached hydrogen (secondary N) is 1. The van der Waals surface area contributed by atoms with Gasteiger partial charge in [0.25, 0.3) is 5.95 Å². The lowest BCUT2D eigenvalue weighted by atomic mass is 9.81. The minimum Gasteiger partial charge on any atom is -0.368 e. The topological polar surface area (TPSA) is 94.5 Å². The minimum atomic E-state index is 0.132. The summed E-state index contributed by atoms with van der Waals surface area (Å²) in [6.45, 7) is 9.54. The average molecular weight is 275 g/mol. The number of nitrogen functional groups attached to an aromatic ring is 1. The van der Waals surface area contributed by atoms with Crippen molar-refractivity contribution in [2.45, 2.75) is 27.7 Å². The van der Waals surface area contributed by atoms with E-state index in [0.717, 1.165) is 6.54 Å². The summed E-state index contributed by atoms with van der Waals surface area (Å²) in [7, 11) is 0. The second-order valence-corrected chi connectivity index (χ2v) is 5.76. The zero-order valence-electron chi connectivity index (χ0n) is 12.3. The summed E-state index contributed by atoms with van der Waals surface area (Å²) in [5.41, 5.74) is 5.85. The Labute approximate surface area is 118 Å². The molecule has 0 radical (unpaired) electrons. The maximum atomic E-state index is 5.72. The Hall–Kier alpha value is -2.18. The monoisotopic (exact) mass is 275 g/mol. The van der Waals surface area contributed by atoms with E-state index in [0.29, 0.717) is 17.8 Å². The molecule has 0 amide bonds. The first kappa shape index (κ1) is 14.2. The highest BCUT2D eigenvalue weighted by Crippen LogP contribution is 2.25. The van der Waals surface area contributed by atoms with E-state index in [-0.39, 0.29) is 11.4 Å². The molecule has 0 aromatic carbocycles. The number of hydrogen-bond donors (Lipinski definition) is 2. The van der Waals surface area contributed by atoms with Crippen LogP contribution in [0.25, 0.3) is 5.95 Å². The van der Waals surface area contributed by atoms with E-state index in [1.54, 1.807) is 23.1 Å². The fourth-order valence-electron chi connectivity index (χ4n) is 1.46. The lowest BCUT2D eigenvalue weighted by Crippen LogP contribution is -2.29. The average Bonchev–Trinajstić information content (AvgIpc) is 2.89. The van der Waals surface area contributed by atoms with Gasteiger partial charge in [0.15, 0.2) is 0 Å². The number of nitrogens with zero attached hydrogens (tertiary/aromatic N) is 5. The Morgan fingerprint density at radius 3 is 2.65 bits per heavy atom. The third kappa shape index (κ3) is 3.23. The molecule has 7 heteroatoms. The zero-order chi connectivity index (χ0) is 14.8. The van der Waals surface area contributed by atoms with Crippen LogP contribution < -0.4 is 11.1 Å². The quantitative estimate of drug-likeness (QED) is 0.863. The molecule has 0 fully saturated rings. The van der Waals surface area contributed by atoms with Crippen molar-refractivity contribution in [3.05, 3.63) is 18.5 Å². The molecule has 0 atom stereocenters. The van der Waals surface area contributed by atoms with Crippen molar-refractivity contribution in [3.63, 3.8) is 0 Å². The fraction of sp³-hybridized carbons (Fsp3) is 0.538. The molecule has 0 aliphatic rings. The highest BCUT2D eigenvalue weighted by Gasteiger charge is 2.22. The van der Waals surface area contributed by atoms with Gasteiger partial charge in [-0.05, 0) is 17.4 Å². The molecule has 7 nitrogen and oxygen atoms in total. The van der Waals surface area contributed by atoms with Gasteiger partial charge >= 0.3 is 0 Å². The number of nitrogens with two attached hydrogens (primary N) is 1. The van der Waals surface area contributed by atoms with Gasteiger partial charge in [0.05, 0.1) is 0 Å². The summed E-state index contributed by atoms with van der Waals surface area (Å²) in [4.78, 5) is 12.5. The van der Waals surface area contributed by atoms with Gasteiger partial charge in [0.2, 0.25) is 11.9 Å². The summed E-state index contributed by atoms with van der Waals surface area (Å²) in [5.74, 6) is 1.60. The second kappa shape index (κ2) is 5.44. The molecule has 0 aliphatic heterocycles. The van der Waals surface area contributed by atoms with Gasteiger partial charge in [0.1, 0.15) is 0 Å². The largest absolute Gasteiger partial charge is 0.368 e. The normalized spacial score (nSPS) is 11.8. The van der Waals surface area contributed by atoms with E-state index in [4.69, 9.17) is 5.73 Å². The maximum absolute atomic E-state index is 5.72. The summed E-state index contributed by atoms with van der Waals surface area (Å²) in [6, 6.07) is 1.80. The molecule has 0 saturated carbocycles. The van der Waals surface area contributed by atoms with E-state index in [9.17, 15) is 0 Å². The van der Waals surface area contributed by atoms with Crippen molar-refractivity contribution in [1.82, 2.24) is 24.7 Å². The van der Waals surface area contributed by atoms with E-state index in [2.05, 4.69) is 53.1 Å². The van der Waals surface area contributed by atoms with Gasteiger partial charge < -0.3 is 11.1 Å². The Morgan fingerprint density at radius 2 is 2.05 bits per heavy atom. The van der Waals surface area contributed by atoms with E-state index >= 15 is 0 Å². The van der Waals surface area contributed by atoms with Gasteiger partial charge in [-0.15, -0.1) is 0 Å². The molecular formula is C13H21N7. The lowest BCUT2D eigenvalue weighted by Gasteiger charge is -2.29. The second-order valence-electron chi connectivity index (χ2n) is 5.76. The molecule has 3 N–H and O–H groups in total. The van der Waals surface area contributed by atoms with Crippen molar-refractivity contribution in [2.24, 2.45) is 11.3 Å². The van der Waals surface area contributed by atoms with E-state index in [1.807, 2.05) is 0 Å². The molecule has 108 valence electrons. The molecule has 0 unspecified atom stereocenters. The first-order valence-electron chi connectivity index (χ1n) is 6.64. The number of rotatable bonds is 5. The zero-order valence-corrected chi connectivity index (χ0v) is 12.3. The summed E-state index contributed by atoms with van der Waals surface area (Å²) < 4.78 is 1.55. The molecule has 2 rings (SSSR count). The van der Waals surface area contributed by atoms with Crippen LogP contribution in [0.15, 0.2) is 18.5 Å². The van der Waals surface area contributed by atoms with Crippen LogP contribution in [-0.4, -0.2) is 31.3 Å². The van der Waals surface area contributed by atoms with Crippen LogP contribution >= 0.6 is 0 Å². The molecule has 2 aromatic heterocycles. The smallest absolute Gasteiger partial charge is 0.257 e. The molecular weight excluding hydrogens is 254 g/mol. The predicted molar refractivity (Wildman–Crippen MR) is 78.5 cm³/mol. The lowest BCUT2D eigenvalue weighted by molar-refractivity contribution is 0.269. The van der Waals surface area contributed by atoms with Crippen LogP contribution in [0, 0.1) is 11.3 Å². The highest BCUT2D eigenvalue weighted by molar-refractivity contribution is 5.35. The van der Waals surface area contributed by atoms with Gasteiger partial charge in [-0.1, -0.05) is 27.7 Å². The van der Waals surface area contributed by atoms with Crippen molar-refractivity contribution < 1.29 is 0 Å². The molecule has 2 heterocycles. The van der Waals surface area contributed by atoms with E-state index in [1.165, 1.54) is 0 Å².